The van der Waals surface area contributed by atoms with Crippen LogP contribution in [0.3, 0.4) is 0 Å². The molecule has 21 heavy (non-hydrogen) atoms. The summed E-state index contributed by atoms with van der Waals surface area (Å²) < 4.78 is 10.5. The van der Waals surface area contributed by atoms with Gasteiger partial charge in [0.05, 0.1) is 32.4 Å². The second-order valence-electron chi connectivity index (χ2n) is 4.75. The van der Waals surface area contributed by atoms with Crippen LogP contribution in [0.5, 0.6) is 0 Å². The zero-order valence-corrected chi connectivity index (χ0v) is 11.7. The fourth-order valence-electron chi connectivity index (χ4n) is 2.18. The number of aliphatic hydroxyl groups is 1. The Bertz CT molecular complexity index is 527. The number of nitrogens with zero attached hydrogens (tertiary/aromatic N) is 1. The van der Waals surface area contributed by atoms with E-state index >= 15 is 0 Å². The van der Waals surface area contributed by atoms with Crippen molar-refractivity contribution < 1.29 is 29.0 Å². The number of nitrogens with one attached hydrogen (secondary N) is 1. The number of amides is 2. The minimum Gasteiger partial charge on any atom is -0.478 e. The number of ether oxygens (including phenoxy) is 1. The van der Waals surface area contributed by atoms with Crippen LogP contribution in [0.25, 0.3) is 0 Å². The summed E-state index contributed by atoms with van der Waals surface area (Å²) in [5.74, 6) is -0.402. The lowest BCUT2D eigenvalue weighted by Gasteiger charge is -2.34. The van der Waals surface area contributed by atoms with Gasteiger partial charge < -0.3 is 29.6 Å². The summed E-state index contributed by atoms with van der Waals surface area (Å²) >= 11 is 0. The molecule has 0 radical (unpaired) electrons. The van der Waals surface area contributed by atoms with E-state index in [-0.39, 0.29) is 30.8 Å². The third kappa shape index (κ3) is 3.53. The topological polar surface area (TPSA) is 112 Å². The van der Waals surface area contributed by atoms with Crippen molar-refractivity contribution in [3.63, 3.8) is 0 Å². The molecule has 1 atom stereocenters. The SMILES string of the molecule is Cc1oc(CNC(=O)N2CCOCC2CO)cc1C(=O)O. The molecule has 0 saturated carbocycles. The van der Waals surface area contributed by atoms with Crippen LogP contribution in [-0.2, 0) is 11.3 Å². The van der Waals surface area contributed by atoms with Gasteiger partial charge in [-0.15, -0.1) is 0 Å². The molecular weight excluding hydrogens is 280 g/mol. The van der Waals surface area contributed by atoms with Gasteiger partial charge in [-0.05, 0) is 13.0 Å². The first-order valence-electron chi connectivity index (χ1n) is 6.58. The highest BCUT2D eigenvalue weighted by Gasteiger charge is 2.26. The number of hydrogen-bond donors (Lipinski definition) is 3. The number of hydrogen-bond acceptors (Lipinski definition) is 5. The number of aryl methyl sites for hydroxylation is 1. The molecule has 2 heterocycles. The average Bonchev–Trinajstić information content (AvgIpc) is 2.86. The van der Waals surface area contributed by atoms with Crippen LogP contribution in [0.1, 0.15) is 21.9 Å². The number of aromatic carboxylic acids is 1. The van der Waals surface area contributed by atoms with Crippen LogP contribution in [0.15, 0.2) is 10.5 Å². The molecule has 1 aromatic heterocycles. The van der Waals surface area contributed by atoms with Gasteiger partial charge in [0.2, 0.25) is 0 Å². The Labute approximate surface area is 121 Å². The van der Waals surface area contributed by atoms with Crippen LogP contribution in [0.4, 0.5) is 4.79 Å². The number of rotatable bonds is 4. The van der Waals surface area contributed by atoms with Crippen molar-refractivity contribution in [1.82, 2.24) is 10.2 Å². The Morgan fingerprint density at radius 2 is 2.29 bits per heavy atom. The predicted octanol–water partition coefficient (Wildman–Crippen LogP) is 0.189. The Morgan fingerprint density at radius 1 is 1.52 bits per heavy atom. The summed E-state index contributed by atoms with van der Waals surface area (Å²) in [4.78, 5) is 24.5. The van der Waals surface area contributed by atoms with E-state index in [0.29, 0.717) is 31.3 Å². The molecule has 1 fully saturated rings. The molecule has 3 N–H and O–H groups in total. The molecule has 8 nitrogen and oxygen atoms in total. The summed E-state index contributed by atoms with van der Waals surface area (Å²) in [7, 11) is 0. The number of furan rings is 1. The van der Waals surface area contributed by atoms with E-state index < -0.39 is 5.97 Å². The number of carbonyl (C=O) groups excluding carboxylic acids is 1. The number of carbonyl (C=O) groups is 2. The van der Waals surface area contributed by atoms with Gasteiger partial charge >= 0.3 is 12.0 Å². The van der Waals surface area contributed by atoms with Crippen molar-refractivity contribution in [3.8, 4) is 0 Å². The summed E-state index contributed by atoms with van der Waals surface area (Å²) in [6.07, 6.45) is 0. The van der Waals surface area contributed by atoms with E-state index in [0.717, 1.165) is 0 Å². The lowest BCUT2D eigenvalue weighted by atomic mass is 10.2. The van der Waals surface area contributed by atoms with Gasteiger partial charge in [-0.1, -0.05) is 0 Å². The standard InChI is InChI=1S/C13H18N2O6/c1-8-11(12(17)18)4-10(21-8)5-14-13(19)15-2-3-20-7-9(15)6-16/h4,9,16H,2-3,5-7H2,1H3,(H,14,19)(H,17,18). The highest BCUT2D eigenvalue weighted by Crippen LogP contribution is 2.14. The van der Waals surface area contributed by atoms with Gasteiger partial charge in [0.1, 0.15) is 17.1 Å². The van der Waals surface area contributed by atoms with Gasteiger partial charge in [0.25, 0.3) is 0 Å². The van der Waals surface area contributed by atoms with Gasteiger partial charge in [0, 0.05) is 6.54 Å². The molecule has 0 aliphatic carbocycles. The molecule has 1 aliphatic rings. The largest absolute Gasteiger partial charge is 0.478 e. The zero-order valence-electron chi connectivity index (χ0n) is 11.7. The van der Waals surface area contributed by atoms with Crippen molar-refractivity contribution >= 4 is 12.0 Å². The molecule has 2 amide bonds. The maximum absolute atomic E-state index is 12.1. The second-order valence-corrected chi connectivity index (χ2v) is 4.75. The first-order valence-corrected chi connectivity index (χ1v) is 6.58. The Balaban J connectivity index is 1.94. The average molecular weight is 298 g/mol. The number of carboxylic acid groups (broad SMARTS) is 1. The van der Waals surface area contributed by atoms with Crippen LogP contribution < -0.4 is 5.32 Å². The minimum atomic E-state index is -1.07. The highest BCUT2D eigenvalue weighted by molar-refractivity contribution is 5.88. The predicted molar refractivity (Wildman–Crippen MR) is 71.0 cm³/mol. The molecule has 0 spiro atoms. The van der Waals surface area contributed by atoms with Gasteiger partial charge in [-0.25, -0.2) is 9.59 Å². The number of urea groups is 1. The third-order valence-corrected chi connectivity index (χ3v) is 3.31. The Hall–Kier alpha value is -2.06. The molecule has 1 aromatic rings. The highest BCUT2D eigenvalue weighted by atomic mass is 16.5. The third-order valence-electron chi connectivity index (χ3n) is 3.31. The van der Waals surface area contributed by atoms with Gasteiger partial charge in [0.15, 0.2) is 0 Å². The monoisotopic (exact) mass is 298 g/mol. The van der Waals surface area contributed by atoms with Crippen molar-refractivity contribution in [3.05, 3.63) is 23.2 Å². The molecule has 8 heteroatoms. The van der Waals surface area contributed by atoms with Crippen molar-refractivity contribution in [2.75, 3.05) is 26.4 Å². The molecule has 1 saturated heterocycles. The summed E-state index contributed by atoms with van der Waals surface area (Å²) in [5, 5.41) is 20.8. The number of morpholine rings is 1. The molecule has 1 unspecified atom stereocenters. The second kappa shape index (κ2) is 6.59. The van der Waals surface area contributed by atoms with E-state index in [1.165, 1.54) is 11.0 Å². The van der Waals surface area contributed by atoms with Gasteiger partial charge in [-0.2, -0.15) is 0 Å². The van der Waals surface area contributed by atoms with Crippen LogP contribution in [0, 0.1) is 6.92 Å². The first kappa shape index (κ1) is 15.3. The van der Waals surface area contributed by atoms with E-state index in [9.17, 15) is 14.7 Å². The summed E-state index contributed by atoms with van der Waals surface area (Å²) in [5.41, 5.74) is 0.0823. The normalized spacial score (nSPS) is 18.6. The minimum absolute atomic E-state index is 0.0823. The fourth-order valence-corrected chi connectivity index (χ4v) is 2.18. The van der Waals surface area contributed by atoms with Crippen molar-refractivity contribution in [2.45, 2.75) is 19.5 Å². The summed E-state index contributed by atoms with van der Waals surface area (Å²) in [6.45, 7) is 2.59. The number of carboxylic acids is 1. The summed E-state index contributed by atoms with van der Waals surface area (Å²) in [6, 6.07) is 0.677. The maximum atomic E-state index is 12.1. The van der Waals surface area contributed by atoms with Gasteiger partial charge in [-0.3, -0.25) is 0 Å². The van der Waals surface area contributed by atoms with E-state index in [2.05, 4.69) is 5.32 Å². The first-order chi connectivity index (χ1) is 10.0. The smallest absolute Gasteiger partial charge is 0.339 e. The van der Waals surface area contributed by atoms with E-state index in [1.54, 1.807) is 6.92 Å². The van der Waals surface area contributed by atoms with Crippen molar-refractivity contribution in [1.29, 1.82) is 0 Å². The van der Waals surface area contributed by atoms with Crippen molar-refractivity contribution in [2.24, 2.45) is 0 Å². The molecule has 0 bridgehead atoms. The lowest BCUT2D eigenvalue weighted by molar-refractivity contribution is -0.00773. The molecule has 116 valence electrons. The number of aliphatic hydroxyl groups excluding tert-OH is 1. The van der Waals surface area contributed by atoms with Crippen LogP contribution in [0.2, 0.25) is 0 Å². The molecular formula is C13H18N2O6. The van der Waals surface area contributed by atoms with Crippen LogP contribution in [-0.4, -0.2) is 59.5 Å². The quantitative estimate of drug-likeness (QED) is 0.731. The Morgan fingerprint density at radius 3 is 2.90 bits per heavy atom. The van der Waals surface area contributed by atoms with E-state index in [1.807, 2.05) is 0 Å². The van der Waals surface area contributed by atoms with E-state index in [4.69, 9.17) is 14.3 Å². The fraction of sp³-hybridized carbons (Fsp3) is 0.538. The lowest BCUT2D eigenvalue weighted by Crippen LogP contribution is -2.53. The Kier molecular flexibility index (Phi) is 4.81. The molecule has 1 aliphatic heterocycles. The maximum Gasteiger partial charge on any atom is 0.339 e. The molecule has 0 aromatic carbocycles. The zero-order chi connectivity index (χ0) is 15.4. The van der Waals surface area contributed by atoms with Crippen LogP contribution >= 0.6 is 0 Å². The molecule has 2 rings (SSSR count).